The van der Waals surface area contributed by atoms with Gasteiger partial charge in [-0.25, -0.2) is 0 Å². The highest BCUT2D eigenvalue weighted by Crippen LogP contribution is 2.05. The van der Waals surface area contributed by atoms with Crippen molar-refractivity contribution in [3.8, 4) is 0 Å². The molecule has 0 aliphatic carbocycles. The van der Waals surface area contributed by atoms with Crippen LogP contribution in [0.1, 0.15) is 20.8 Å². The molecule has 2 N–H and O–H groups in total. The van der Waals surface area contributed by atoms with Gasteiger partial charge in [0, 0.05) is 51.9 Å². The van der Waals surface area contributed by atoms with Gasteiger partial charge >= 0.3 is 0 Å². The van der Waals surface area contributed by atoms with E-state index in [0.717, 1.165) is 52.5 Å². The molecule has 0 radical (unpaired) electrons. The molecule has 0 aromatic rings. The van der Waals surface area contributed by atoms with Crippen LogP contribution in [0.15, 0.2) is 0 Å². The van der Waals surface area contributed by atoms with E-state index >= 15 is 0 Å². The van der Waals surface area contributed by atoms with Gasteiger partial charge in [0.05, 0.1) is 6.61 Å². The second kappa shape index (κ2) is 8.03. The molecule has 1 saturated heterocycles. The minimum atomic E-state index is 0.523. The zero-order valence-corrected chi connectivity index (χ0v) is 11.7. The predicted molar refractivity (Wildman–Crippen MR) is 72.2 cm³/mol. The third-order valence-corrected chi connectivity index (χ3v) is 3.37. The van der Waals surface area contributed by atoms with Crippen molar-refractivity contribution in [1.82, 2.24) is 9.80 Å². The van der Waals surface area contributed by atoms with Crippen LogP contribution in [0.5, 0.6) is 0 Å². The third-order valence-electron chi connectivity index (χ3n) is 3.37. The molecule has 102 valence electrons. The number of piperazine rings is 1. The number of nitrogens with two attached hydrogens (primary N) is 1. The molecular formula is C13H29N3O. The molecule has 1 aliphatic rings. The Morgan fingerprint density at radius 1 is 1.12 bits per heavy atom. The van der Waals surface area contributed by atoms with Gasteiger partial charge in [-0.1, -0.05) is 13.8 Å². The van der Waals surface area contributed by atoms with Crippen molar-refractivity contribution in [1.29, 1.82) is 0 Å². The Balaban J connectivity index is 2.07. The van der Waals surface area contributed by atoms with Gasteiger partial charge < -0.3 is 10.5 Å². The van der Waals surface area contributed by atoms with Crippen molar-refractivity contribution in [2.75, 3.05) is 52.5 Å². The van der Waals surface area contributed by atoms with Crippen molar-refractivity contribution in [2.45, 2.75) is 26.8 Å². The van der Waals surface area contributed by atoms with E-state index in [-0.39, 0.29) is 0 Å². The number of hydrogen-bond donors (Lipinski definition) is 1. The average molecular weight is 243 g/mol. The fourth-order valence-corrected chi connectivity index (χ4v) is 2.09. The minimum absolute atomic E-state index is 0.523. The highest BCUT2D eigenvalue weighted by molar-refractivity contribution is 4.76. The Labute approximate surface area is 106 Å². The quantitative estimate of drug-likeness (QED) is 0.666. The van der Waals surface area contributed by atoms with E-state index in [9.17, 15) is 0 Å². The summed E-state index contributed by atoms with van der Waals surface area (Å²) >= 11 is 0. The van der Waals surface area contributed by atoms with Crippen LogP contribution in [0.25, 0.3) is 0 Å². The first kappa shape index (κ1) is 14.9. The summed E-state index contributed by atoms with van der Waals surface area (Å²) in [5.41, 5.74) is 5.69. The Bertz CT molecular complexity index is 191. The maximum absolute atomic E-state index is 5.69. The normalized spacial score (nSPS) is 21.0. The maximum atomic E-state index is 5.69. The van der Waals surface area contributed by atoms with Crippen molar-refractivity contribution < 1.29 is 4.74 Å². The monoisotopic (exact) mass is 243 g/mol. The zero-order chi connectivity index (χ0) is 12.7. The van der Waals surface area contributed by atoms with Gasteiger partial charge in [0.15, 0.2) is 0 Å². The third kappa shape index (κ3) is 5.82. The number of hydrogen-bond acceptors (Lipinski definition) is 4. The molecule has 1 rings (SSSR count). The van der Waals surface area contributed by atoms with Gasteiger partial charge in [-0.2, -0.15) is 0 Å². The minimum Gasteiger partial charge on any atom is -0.380 e. The largest absolute Gasteiger partial charge is 0.380 e. The summed E-state index contributed by atoms with van der Waals surface area (Å²) in [7, 11) is 0. The SMILES string of the molecule is CC(C)COCCN1CCN(C(C)CN)CC1. The maximum Gasteiger partial charge on any atom is 0.0593 e. The van der Waals surface area contributed by atoms with E-state index in [0.29, 0.717) is 12.0 Å². The van der Waals surface area contributed by atoms with Crippen LogP contribution in [0.4, 0.5) is 0 Å². The lowest BCUT2D eigenvalue weighted by Crippen LogP contribution is -2.51. The van der Waals surface area contributed by atoms with E-state index in [2.05, 4.69) is 30.6 Å². The summed E-state index contributed by atoms with van der Waals surface area (Å²) in [4.78, 5) is 4.96. The summed E-state index contributed by atoms with van der Waals surface area (Å²) in [6, 6.07) is 0.523. The molecule has 0 amide bonds. The van der Waals surface area contributed by atoms with Crippen molar-refractivity contribution in [3.63, 3.8) is 0 Å². The predicted octanol–water partition coefficient (Wildman–Crippen LogP) is 0.624. The molecule has 1 atom stereocenters. The topological polar surface area (TPSA) is 41.7 Å². The van der Waals surface area contributed by atoms with Gasteiger partial charge in [0.25, 0.3) is 0 Å². The lowest BCUT2D eigenvalue weighted by molar-refractivity contribution is 0.0565. The molecule has 1 fully saturated rings. The Morgan fingerprint density at radius 3 is 2.29 bits per heavy atom. The van der Waals surface area contributed by atoms with Crippen LogP contribution in [-0.2, 0) is 4.74 Å². The van der Waals surface area contributed by atoms with E-state index in [1.165, 1.54) is 0 Å². The van der Waals surface area contributed by atoms with Gasteiger partial charge in [0.1, 0.15) is 0 Å². The molecule has 4 heteroatoms. The summed E-state index contributed by atoms with van der Waals surface area (Å²) in [6.45, 7) is 14.7. The Morgan fingerprint density at radius 2 is 1.76 bits per heavy atom. The smallest absolute Gasteiger partial charge is 0.0593 e. The first-order valence-corrected chi connectivity index (χ1v) is 6.87. The van der Waals surface area contributed by atoms with Gasteiger partial charge in [-0.05, 0) is 12.8 Å². The van der Waals surface area contributed by atoms with Crippen molar-refractivity contribution in [3.05, 3.63) is 0 Å². The molecular weight excluding hydrogens is 214 g/mol. The summed E-state index contributed by atoms with van der Waals surface area (Å²) in [5, 5.41) is 0. The van der Waals surface area contributed by atoms with Crippen LogP contribution in [0.3, 0.4) is 0 Å². The van der Waals surface area contributed by atoms with Crippen LogP contribution in [0.2, 0.25) is 0 Å². The zero-order valence-electron chi connectivity index (χ0n) is 11.7. The number of ether oxygens (including phenoxy) is 1. The second-order valence-electron chi connectivity index (χ2n) is 5.43. The molecule has 0 bridgehead atoms. The lowest BCUT2D eigenvalue weighted by atomic mass is 10.2. The molecule has 1 heterocycles. The fourth-order valence-electron chi connectivity index (χ4n) is 2.09. The molecule has 17 heavy (non-hydrogen) atoms. The van der Waals surface area contributed by atoms with Gasteiger partial charge in [-0.15, -0.1) is 0 Å². The second-order valence-corrected chi connectivity index (χ2v) is 5.43. The highest BCUT2D eigenvalue weighted by atomic mass is 16.5. The molecule has 4 nitrogen and oxygen atoms in total. The summed E-state index contributed by atoms with van der Waals surface area (Å²) < 4.78 is 5.62. The van der Waals surface area contributed by atoms with Crippen LogP contribution < -0.4 is 5.73 Å². The Kier molecular flexibility index (Phi) is 7.04. The summed E-state index contributed by atoms with van der Waals surface area (Å²) in [5.74, 6) is 0.636. The van der Waals surface area contributed by atoms with Gasteiger partial charge in [-0.3, -0.25) is 9.80 Å². The van der Waals surface area contributed by atoms with E-state index in [1.807, 2.05) is 0 Å². The summed E-state index contributed by atoms with van der Waals surface area (Å²) in [6.07, 6.45) is 0. The standard InChI is InChI=1S/C13H29N3O/c1-12(2)11-17-9-8-15-4-6-16(7-5-15)13(3)10-14/h12-13H,4-11,14H2,1-3H3. The highest BCUT2D eigenvalue weighted by Gasteiger charge is 2.19. The van der Waals surface area contributed by atoms with Crippen molar-refractivity contribution in [2.24, 2.45) is 11.7 Å². The number of nitrogens with zero attached hydrogens (tertiary/aromatic N) is 2. The van der Waals surface area contributed by atoms with E-state index in [4.69, 9.17) is 10.5 Å². The molecule has 0 spiro atoms. The molecule has 0 aromatic carbocycles. The Hall–Kier alpha value is -0.160. The molecule has 0 saturated carbocycles. The lowest BCUT2D eigenvalue weighted by Gasteiger charge is -2.37. The van der Waals surface area contributed by atoms with Gasteiger partial charge in [0.2, 0.25) is 0 Å². The van der Waals surface area contributed by atoms with Crippen LogP contribution in [-0.4, -0.2) is 68.3 Å². The molecule has 0 aromatic heterocycles. The van der Waals surface area contributed by atoms with Crippen LogP contribution in [0, 0.1) is 5.92 Å². The van der Waals surface area contributed by atoms with E-state index < -0.39 is 0 Å². The van der Waals surface area contributed by atoms with E-state index in [1.54, 1.807) is 0 Å². The first-order chi connectivity index (χ1) is 8.13. The first-order valence-electron chi connectivity index (χ1n) is 6.87. The average Bonchev–Trinajstić information content (AvgIpc) is 2.34. The fraction of sp³-hybridized carbons (Fsp3) is 1.00. The van der Waals surface area contributed by atoms with Crippen molar-refractivity contribution >= 4 is 0 Å². The molecule has 1 unspecified atom stereocenters. The number of rotatable bonds is 7. The van der Waals surface area contributed by atoms with Crippen LogP contribution >= 0.6 is 0 Å². The molecule has 1 aliphatic heterocycles.